The van der Waals surface area contributed by atoms with E-state index in [-0.39, 0.29) is 24.9 Å². The van der Waals surface area contributed by atoms with Gasteiger partial charge in [0.05, 0.1) is 11.6 Å². The lowest BCUT2D eigenvalue weighted by molar-refractivity contribution is -0.122. The molecule has 5 nitrogen and oxygen atoms in total. The molecule has 0 unspecified atom stereocenters. The largest absolute Gasteiger partial charge is 0.483 e. The van der Waals surface area contributed by atoms with Crippen molar-refractivity contribution in [1.82, 2.24) is 5.32 Å². The third kappa shape index (κ3) is 4.31. The van der Waals surface area contributed by atoms with E-state index in [4.69, 9.17) is 15.7 Å². The predicted molar refractivity (Wildman–Crippen MR) is 65.9 cm³/mol. The molecule has 0 aliphatic heterocycles. The molecular weight excluding hydrogens is 242 g/mol. The zero-order valence-corrected chi connectivity index (χ0v) is 10.2. The van der Waals surface area contributed by atoms with Crippen molar-refractivity contribution in [2.24, 2.45) is 5.73 Å². The number of carbonyl (C=O) groups is 1. The minimum Gasteiger partial charge on any atom is -0.483 e. The Balaban J connectivity index is 0.00000256. The highest BCUT2D eigenvalue weighted by atomic mass is 35.5. The molecule has 0 aliphatic rings. The molecule has 1 amide bonds. The van der Waals surface area contributed by atoms with Gasteiger partial charge in [0.25, 0.3) is 5.91 Å². The summed E-state index contributed by atoms with van der Waals surface area (Å²) in [5, 5.41) is 11.2. The number of likely N-dealkylation sites (N-methyl/N-ethyl adjacent to an activating group) is 1. The lowest BCUT2D eigenvalue weighted by atomic mass is 10.1. The molecule has 3 N–H and O–H groups in total. The maximum Gasteiger partial charge on any atom is 0.257 e. The van der Waals surface area contributed by atoms with Crippen molar-refractivity contribution >= 4 is 18.3 Å². The van der Waals surface area contributed by atoms with E-state index in [9.17, 15) is 4.79 Å². The predicted octanol–water partition coefficient (Wildman–Crippen LogP) is 0.564. The monoisotopic (exact) mass is 255 g/mol. The Morgan fingerprint density at radius 1 is 1.59 bits per heavy atom. The number of rotatable bonds is 4. The molecule has 0 radical (unpaired) electrons. The van der Waals surface area contributed by atoms with Gasteiger partial charge < -0.3 is 15.8 Å². The summed E-state index contributed by atoms with van der Waals surface area (Å²) < 4.78 is 5.28. The fourth-order valence-corrected chi connectivity index (χ4v) is 1.14. The number of ether oxygens (including phenoxy) is 1. The second-order valence-electron chi connectivity index (χ2n) is 3.10. The average molecular weight is 256 g/mol. The van der Waals surface area contributed by atoms with Crippen LogP contribution in [0.25, 0.3) is 0 Å². The Bertz CT molecular complexity index is 429. The normalized spacial score (nSPS) is 8.76. The van der Waals surface area contributed by atoms with Gasteiger partial charge in [-0.15, -0.1) is 12.4 Å². The zero-order valence-electron chi connectivity index (χ0n) is 9.40. The van der Waals surface area contributed by atoms with Gasteiger partial charge in [-0.25, -0.2) is 0 Å². The summed E-state index contributed by atoms with van der Waals surface area (Å²) in [5.41, 5.74) is 6.76. The molecule has 0 bridgehead atoms. The van der Waals surface area contributed by atoms with E-state index in [0.717, 1.165) is 5.56 Å². The fourth-order valence-electron chi connectivity index (χ4n) is 1.14. The van der Waals surface area contributed by atoms with Gasteiger partial charge in [-0.1, -0.05) is 6.07 Å². The Hall–Kier alpha value is -1.77. The fraction of sp³-hybridized carbons (Fsp3) is 0.273. The van der Waals surface area contributed by atoms with Gasteiger partial charge in [0.15, 0.2) is 6.61 Å². The summed E-state index contributed by atoms with van der Waals surface area (Å²) in [5.74, 6) is 0.246. The van der Waals surface area contributed by atoms with Crippen LogP contribution >= 0.6 is 12.4 Å². The molecule has 0 aromatic heterocycles. The highest BCUT2D eigenvalue weighted by Gasteiger charge is 2.06. The first kappa shape index (κ1) is 15.2. The van der Waals surface area contributed by atoms with Crippen LogP contribution in [0.15, 0.2) is 18.2 Å². The van der Waals surface area contributed by atoms with Crippen LogP contribution in [-0.4, -0.2) is 19.6 Å². The lowest BCUT2D eigenvalue weighted by Gasteiger charge is -2.09. The van der Waals surface area contributed by atoms with E-state index in [0.29, 0.717) is 17.9 Å². The third-order valence-corrected chi connectivity index (χ3v) is 2.05. The Morgan fingerprint density at radius 2 is 2.29 bits per heavy atom. The van der Waals surface area contributed by atoms with Gasteiger partial charge in [0, 0.05) is 19.2 Å². The molecule has 6 heteroatoms. The number of hydrogen-bond acceptors (Lipinski definition) is 4. The van der Waals surface area contributed by atoms with Crippen molar-refractivity contribution in [1.29, 1.82) is 5.26 Å². The molecule has 0 aliphatic carbocycles. The van der Waals surface area contributed by atoms with Crippen molar-refractivity contribution in [3.8, 4) is 11.8 Å². The first-order valence-corrected chi connectivity index (χ1v) is 4.77. The van der Waals surface area contributed by atoms with Crippen LogP contribution in [0.3, 0.4) is 0 Å². The molecule has 0 heterocycles. The third-order valence-electron chi connectivity index (χ3n) is 2.05. The van der Waals surface area contributed by atoms with E-state index in [2.05, 4.69) is 5.32 Å². The molecule has 92 valence electrons. The van der Waals surface area contributed by atoms with Crippen LogP contribution in [0, 0.1) is 11.3 Å². The second-order valence-corrected chi connectivity index (χ2v) is 3.10. The van der Waals surface area contributed by atoms with E-state index >= 15 is 0 Å². The van der Waals surface area contributed by atoms with Gasteiger partial charge in [-0.3, -0.25) is 4.79 Å². The molecule has 0 fully saturated rings. The minimum atomic E-state index is -0.231. The molecule has 0 saturated heterocycles. The summed E-state index contributed by atoms with van der Waals surface area (Å²) >= 11 is 0. The van der Waals surface area contributed by atoms with Crippen LogP contribution in [-0.2, 0) is 11.3 Å². The SMILES string of the molecule is CNC(=O)COc1cc(C#N)ccc1CN.Cl. The number of benzene rings is 1. The highest BCUT2D eigenvalue weighted by molar-refractivity contribution is 5.85. The van der Waals surface area contributed by atoms with E-state index in [1.807, 2.05) is 6.07 Å². The number of carbonyl (C=O) groups excluding carboxylic acids is 1. The second kappa shape index (κ2) is 7.49. The molecule has 0 saturated carbocycles. The maximum absolute atomic E-state index is 11.0. The van der Waals surface area contributed by atoms with Crippen LogP contribution in [0.2, 0.25) is 0 Å². The van der Waals surface area contributed by atoms with Gasteiger partial charge >= 0.3 is 0 Å². The van der Waals surface area contributed by atoms with Crippen LogP contribution in [0.1, 0.15) is 11.1 Å². The van der Waals surface area contributed by atoms with Crippen LogP contribution < -0.4 is 15.8 Å². The van der Waals surface area contributed by atoms with E-state index < -0.39 is 0 Å². The number of nitrogens with one attached hydrogen (secondary N) is 1. The number of nitriles is 1. The topological polar surface area (TPSA) is 88.1 Å². The molecule has 17 heavy (non-hydrogen) atoms. The molecular formula is C11H14ClN3O2. The van der Waals surface area contributed by atoms with Crippen molar-refractivity contribution in [2.75, 3.05) is 13.7 Å². The molecule has 1 aromatic carbocycles. The van der Waals surface area contributed by atoms with Crippen molar-refractivity contribution in [3.63, 3.8) is 0 Å². The van der Waals surface area contributed by atoms with Crippen LogP contribution in [0.4, 0.5) is 0 Å². The smallest absolute Gasteiger partial charge is 0.257 e. The Kier molecular flexibility index (Phi) is 6.71. The Morgan fingerprint density at radius 3 is 2.82 bits per heavy atom. The van der Waals surface area contributed by atoms with Gasteiger partial charge in [-0.05, 0) is 12.1 Å². The number of nitrogens with two attached hydrogens (primary N) is 1. The van der Waals surface area contributed by atoms with Gasteiger partial charge in [-0.2, -0.15) is 5.26 Å². The number of halogens is 1. The summed E-state index contributed by atoms with van der Waals surface area (Å²) in [6, 6.07) is 6.96. The molecule has 0 atom stereocenters. The standard InChI is InChI=1S/C11H13N3O2.ClH/c1-14-11(15)7-16-10-4-8(5-12)2-3-9(10)6-13;/h2-4H,6-7,13H2,1H3,(H,14,15);1H. The van der Waals surface area contributed by atoms with Gasteiger partial charge in [0.1, 0.15) is 5.75 Å². The number of amides is 1. The molecule has 1 aromatic rings. The summed E-state index contributed by atoms with van der Waals surface area (Å²) in [6.07, 6.45) is 0. The van der Waals surface area contributed by atoms with E-state index in [1.165, 1.54) is 7.05 Å². The van der Waals surface area contributed by atoms with E-state index in [1.54, 1.807) is 18.2 Å². The first-order chi connectivity index (χ1) is 7.71. The van der Waals surface area contributed by atoms with Crippen molar-refractivity contribution < 1.29 is 9.53 Å². The Labute approximate surface area is 106 Å². The zero-order chi connectivity index (χ0) is 12.0. The first-order valence-electron chi connectivity index (χ1n) is 4.77. The minimum absolute atomic E-state index is 0. The summed E-state index contributed by atoms with van der Waals surface area (Å²) in [4.78, 5) is 11.0. The van der Waals surface area contributed by atoms with Crippen molar-refractivity contribution in [2.45, 2.75) is 6.54 Å². The quantitative estimate of drug-likeness (QED) is 0.823. The molecule has 0 spiro atoms. The highest BCUT2D eigenvalue weighted by Crippen LogP contribution is 2.19. The average Bonchev–Trinajstić information content (AvgIpc) is 2.35. The summed E-state index contributed by atoms with van der Waals surface area (Å²) in [6.45, 7) is 0.215. The maximum atomic E-state index is 11.0. The number of nitrogens with zero attached hydrogens (tertiary/aromatic N) is 1. The number of hydrogen-bond donors (Lipinski definition) is 2. The van der Waals surface area contributed by atoms with Crippen LogP contribution in [0.5, 0.6) is 5.75 Å². The molecule has 1 rings (SSSR count). The lowest BCUT2D eigenvalue weighted by Crippen LogP contribution is -2.25. The van der Waals surface area contributed by atoms with Gasteiger partial charge in [0.2, 0.25) is 0 Å². The van der Waals surface area contributed by atoms with Crippen molar-refractivity contribution in [3.05, 3.63) is 29.3 Å². The summed E-state index contributed by atoms with van der Waals surface area (Å²) in [7, 11) is 1.53.